The molecular weight excluding hydrogens is 183 g/mol. The predicted molar refractivity (Wildman–Crippen MR) is 44.1 cm³/mol. The molecule has 0 aliphatic rings. The Hall–Kier alpha value is 0.790. The Morgan fingerprint density at radius 1 is 1.09 bits per heavy atom. The van der Waals surface area contributed by atoms with Crippen LogP contribution in [0.1, 0.15) is 6.42 Å². The van der Waals surface area contributed by atoms with Crippen LogP contribution in [0.4, 0.5) is 0 Å². The second kappa shape index (κ2) is 10.8. The van der Waals surface area contributed by atoms with E-state index in [0.29, 0.717) is 0 Å². The minimum absolute atomic E-state index is 0. The molecule has 0 radical (unpaired) electrons. The third-order valence-corrected chi connectivity index (χ3v) is 0.408. The molecule has 0 spiro atoms. The first-order valence-corrected chi connectivity index (χ1v) is 3.91. The zero-order chi connectivity index (χ0) is 8.62. The van der Waals surface area contributed by atoms with Gasteiger partial charge in [-0.2, -0.15) is 8.42 Å². The van der Waals surface area contributed by atoms with Crippen molar-refractivity contribution in [2.75, 3.05) is 13.1 Å². The summed E-state index contributed by atoms with van der Waals surface area (Å²) in [5.41, 5.74) is 10.1. The van der Waals surface area contributed by atoms with E-state index in [1.165, 1.54) is 0 Å². The van der Waals surface area contributed by atoms with Crippen LogP contribution in [0.3, 0.4) is 0 Å². The molecule has 8 heteroatoms. The van der Waals surface area contributed by atoms with E-state index in [1.807, 2.05) is 0 Å². The van der Waals surface area contributed by atoms with Gasteiger partial charge in [0.25, 0.3) is 0 Å². The average molecular weight is 196 g/mol. The maximum absolute atomic E-state index is 8.74. The Balaban J connectivity index is -0.000000107. The topological polar surface area (TPSA) is 127 Å². The second-order valence-electron chi connectivity index (χ2n) is 1.38. The van der Waals surface area contributed by atoms with E-state index < -0.39 is 10.4 Å². The van der Waals surface area contributed by atoms with Gasteiger partial charge in [0, 0.05) is 0 Å². The van der Waals surface area contributed by atoms with Gasteiger partial charge in [-0.25, -0.2) is 0 Å². The van der Waals surface area contributed by atoms with Crippen LogP contribution in [-0.2, 0) is 10.4 Å². The summed E-state index contributed by atoms with van der Waals surface area (Å²) in [6.45, 7) is 1.44. The summed E-state index contributed by atoms with van der Waals surface area (Å²) < 4.78 is 31.6. The van der Waals surface area contributed by atoms with Crippen molar-refractivity contribution in [3.8, 4) is 0 Å². The molecule has 6 N–H and O–H groups in total. The fraction of sp³-hybridized carbons (Fsp3) is 1.00. The fourth-order valence-corrected chi connectivity index (χ4v) is 0.118. The molecule has 0 aromatic rings. The zero-order valence-corrected chi connectivity index (χ0v) is 6.21. The summed E-state index contributed by atoms with van der Waals surface area (Å²) in [6, 6.07) is 0. The van der Waals surface area contributed by atoms with E-state index in [1.54, 1.807) is 0 Å². The summed E-state index contributed by atoms with van der Waals surface area (Å²) in [4.78, 5) is 0. The molecule has 6 nitrogen and oxygen atoms in total. The summed E-state index contributed by atoms with van der Waals surface area (Å²) in [6.07, 6.45) is 0.944. The van der Waals surface area contributed by atoms with Gasteiger partial charge in [0.1, 0.15) is 0 Å². The van der Waals surface area contributed by atoms with Crippen molar-refractivity contribution >= 4 is 40.0 Å². The molecule has 0 unspecified atom stereocenters. The van der Waals surface area contributed by atoms with E-state index in [2.05, 4.69) is 0 Å². The number of hydrogen-bond donors (Lipinski definition) is 4. The molecule has 0 saturated carbocycles. The van der Waals surface area contributed by atoms with Crippen LogP contribution < -0.4 is 11.5 Å². The molecule has 66 valence electrons. The van der Waals surface area contributed by atoms with Crippen LogP contribution in [0.2, 0.25) is 0 Å². The third-order valence-electron chi connectivity index (χ3n) is 0.408. The van der Waals surface area contributed by atoms with Crippen LogP contribution in [0.5, 0.6) is 0 Å². The first-order chi connectivity index (χ1) is 4.41. The van der Waals surface area contributed by atoms with E-state index >= 15 is 0 Å². The molecular formula is C3H13N2NaO4S. The van der Waals surface area contributed by atoms with E-state index in [9.17, 15) is 0 Å². The maximum atomic E-state index is 8.74. The summed E-state index contributed by atoms with van der Waals surface area (Å²) in [7, 11) is -4.67. The van der Waals surface area contributed by atoms with E-state index in [0.717, 1.165) is 19.5 Å². The number of nitrogens with two attached hydrogens (primary N) is 2. The molecule has 0 aliphatic heterocycles. The molecule has 0 bridgehead atoms. The van der Waals surface area contributed by atoms with Crippen molar-refractivity contribution in [1.29, 1.82) is 0 Å². The van der Waals surface area contributed by atoms with Crippen LogP contribution in [0.25, 0.3) is 0 Å². The summed E-state index contributed by atoms with van der Waals surface area (Å²) >= 11 is 0. The van der Waals surface area contributed by atoms with Gasteiger partial charge in [0.05, 0.1) is 0 Å². The molecule has 0 amide bonds. The first-order valence-electron chi connectivity index (χ1n) is 2.51. The molecule has 0 rings (SSSR count). The van der Waals surface area contributed by atoms with E-state index in [-0.39, 0.29) is 29.6 Å². The fourth-order valence-electron chi connectivity index (χ4n) is 0.118. The number of rotatable bonds is 2. The summed E-state index contributed by atoms with van der Waals surface area (Å²) in [5, 5.41) is 0. The van der Waals surface area contributed by atoms with Gasteiger partial charge in [-0.05, 0) is 19.5 Å². The zero-order valence-electron chi connectivity index (χ0n) is 5.40. The van der Waals surface area contributed by atoms with Crippen molar-refractivity contribution in [2.24, 2.45) is 11.5 Å². The Labute approximate surface area is 88.2 Å². The van der Waals surface area contributed by atoms with Gasteiger partial charge < -0.3 is 11.5 Å². The predicted octanol–water partition coefficient (Wildman–Crippen LogP) is -2.01. The van der Waals surface area contributed by atoms with Gasteiger partial charge >= 0.3 is 40.0 Å². The van der Waals surface area contributed by atoms with Crippen molar-refractivity contribution in [1.82, 2.24) is 0 Å². The Bertz CT molecular complexity index is 137. The Morgan fingerprint density at radius 3 is 1.27 bits per heavy atom. The van der Waals surface area contributed by atoms with Gasteiger partial charge in [0.15, 0.2) is 0 Å². The molecule has 11 heavy (non-hydrogen) atoms. The molecule has 0 fully saturated rings. The molecule has 0 aromatic carbocycles. The average Bonchev–Trinajstić information content (AvgIpc) is 1.63. The van der Waals surface area contributed by atoms with Crippen molar-refractivity contribution in [3.05, 3.63) is 0 Å². The third kappa shape index (κ3) is 107. The standard InChI is InChI=1S/C3H10N2.Na.H2O4S.H/c4-2-1-3-5;;1-5(2,3)4;/h1-5H2;;(H2,1,2,3,4);. The van der Waals surface area contributed by atoms with Crippen LogP contribution in [0.15, 0.2) is 0 Å². The monoisotopic (exact) mass is 196 g/mol. The molecule has 0 heterocycles. The van der Waals surface area contributed by atoms with Crippen LogP contribution in [-0.4, -0.2) is 60.2 Å². The van der Waals surface area contributed by atoms with Gasteiger partial charge in [-0.1, -0.05) is 0 Å². The number of hydrogen-bond acceptors (Lipinski definition) is 4. The van der Waals surface area contributed by atoms with E-state index in [4.69, 9.17) is 29.0 Å². The second-order valence-corrected chi connectivity index (χ2v) is 2.27. The van der Waals surface area contributed by atoms with Gasteiger partial charge in [-0.15, -0.1) is 0 Å². The quantitative estimate of drug-likeness (QED) is 0.298. The molecule has 0 saturated heterocycles. The molecule has 0 aromatic heterocycles. The SMILES string of the molecule is NCCCN.O=S(=O)(O)O.[NaH]. The van der Waals surface area contributed by atoms with Crippen LogP contribution >= 0.6 is 0 Å². The molecule has 0 atom stereocenters. The first kappa shape index (κ1) is 17.8. The Morgan fingerprint density at radius 2 is 1.27 bits per heavy atom. The molecule has 0 aliphatic carbocycles. The summed E-state index contributed by atoms with van der Waals surface area (Å²) in [5.74, 6) is 0. The van der Waals surface area contributed by atoms with Crippen molar-refractivity contribution in [3.63, 3.8) is 0 Å². The van der Waals surface area contributed by atoms with Crippen LogP contribution in [0, 0.1) is 0 Å². The van der Waals surface area contributed by atoms with Gasteiger partial charge in [0.2, 0.25) is 0 Å². The van der Waals surface area contributed by atoms with Gasteiger partial charge in [-0.3, -0.25) is 9.11 Å². The van der Waals surface area contributed by atoms with Crippen molar-refractivity contribution < 1.29 is 17.5 Å². The normalized spacial score (nSPS) is 9.09. The Kier molecular flexibility index (Phi) is 17.4. The van der Waals surface area contributed by atoms with Crippen molar-refractivity contribution in [2.45, 2.75) is 6.42 Å². The minimum atomic E-state index is -4.67.